The smallest absolute Gasteiger partial charge is 0.227 e. The van der Waals surface area contributed by atoms with Crippen molar-refractivity contribution in [2.75, 3.05) is 30.4 Å². The Hall–Kier alpha value is -2.30. The molecule has 2 heterocycles. The molecular weight excluding hydrogens is 264 g/mol. The summed E-state index contributed by atoms with van der Waals surface area (Å²) in [6.07, 6.45) is 4.27. The second kappa shape index (κ2) is 6.43. The first-order chi connectivity index (χ1) is 10.3. The largest absolute Gasteiger partial charge is 0.497 e. The quantitative estimate of drug-likeness (QED) is 0.915. The van der Waals surface area contributed by atoms with Gasteiger partial charge in [-0.2, -0.15) is 4.98 Å². The fraction of sp³-hybridized carbons (Fsp3) is 0.375. The Morgan fingerprint density at radius 2 is 1.90 bits per heavy atom. The number of hydrogen-bond donors (Lipinski definition) is 1. The Morgan fingerprint density at radius 1 is 1.14 bits per heavy atom. The summed E-state index contributed by atoms with van der Waals surface area (Å²) >= 11 is 0. The highest BCUT2D eigenvalue weighted by Gasteiger charge is 2.14. The van der Waals surface area contributed by atoms with Crippen molar-refractivity contribution in [1.29, 1.82) is 0 Å². The van der Waals surface area contributed by atoms with Gasteiger partial charge in [-0.15, -0.1) is 0 Å². The van der Waals surface area contributed by atoms with Crippen LogP contribution in [0.2, 0.25) is 0 Å². The van der Waals surface area contributed by atoms with Gasteiger partial charge in [0.05, 0.1) is 7.11 Å². The maximum Gasteiger partial charge on any atom is 0.227 e. The normalized spacial score (nSPS) is 14.2. The van der Waals surface area contributed by atoms with Crippen LogP contribution in [0.4, 0.5) is 11.8 Å². The molecule has 0 atom stereocenters. The van der Waals surface area contributed by atoms with Crippen LogP contribution in [0.15, 0.2) is 36.5 Å². The van der Waals surface area contributed by atoms with Crippen molar-refractivity contribution in [3.05, 3.63) is 42.1 Å². The molecule has 1 aliphatic heterocycles. The first kappa shape index (κ1) is 13.7. The molecule has 3 rings (SSSR count). The zero-order valence-electron chi connectivity index (χ0n) is 12.2. The van der Waals surface area contributed by atoms with Gasteiger partial charge >= 0.3 is 0 Å². The van der Waals surface area contributed by atoms with E-state index in [1.165, 1.54) is 18.4 Å². The maximum atomic E-state index is 5.16. The van der Waals surface area contributed by atoms with E-state index in [2.05, 4.69) is 32.3 Å². The molecule has 0 bridgehead atoms. The number of anilines is 2. The molecule has 1 aromatic heterocycles. The van der Waals surface area contributed by atoms with E-state index in [1.807, 2.05) is 24.4 Å². The Labute approximate surface area is 125 Å². The molecule has 1 aromatic carbocycles. The lowest BCUT2D eigenvalue weighted by Crippen LogP contribution is -2.20. The number of hydrogen-bond acceptors (Lipinski definition) is 5. The number of methoxy groups -OCH3 is 1. The van der Waals surface area contributed by atoms with Crippen molar-refractivity contribution in [3.63, 3.8) is 0 Å². The van der Waals surface area contributed by atoms with E-state index in [9.17, 15) is 0 Å². The highest BCUT2D eigenvalue weighted by molar-refractivity contribution is 5.42. The third-order valence-electron chi connectivity index (χ3n) is 3.66. The monoisotopic (exact) mass is 284 g/mol. The molecule has 1 aliphatic rings. The average molecular weight is 284 g/mol. The molecule has 110 valence electrons. The van der Waals surface area contributed by atoms with Gasteiger partial charge in [-0.25, -0.2) is 4.98 Å². The third kappa shape index (κ3) is 3.42. The van der Waals surface area contributed by atoms with E-state index < -0.39 is 0 Å². The van der Waals surface area contributed by atoms with Crippen LogP contribution in [0.1, 0.15) is 18.4 Å². The van der Waals surface area contributed by atoms with Crippen LogP contribution in [0.25, 0.3) is 0 Å². The molecule has 0 unspecified atom stereocenters. The van der Waals surface area contributed by atoms with Crippen LogP contribution in [-0.2, 0) is 6.54 Å². The van der Waals surface area contributed by atoms with Gasteiger partial charge in [-0.05, 0) is 36.6 Å². The van der Waals surface area contributed by atoms with Gasteiger partial charge in [0.1, 0.15) is 11.6 Å². The number of nitrogens with zero attached hydrogens (tertiary/aromatic N) is 3. The molecule has 2 aromatic rings. The molecule has 0 spiro atoms. The summed E-state index contributed by atoms with van der Waals surface area (Å²) in [5, 5.41) is 3.34. The fourth-order valence-corrected chi connectivity index (χ4v) is 2.45. The van der Waals surface area contributed by atoms with E-state index in [1.54, 1.807) is 7.11 Å². The number of benzene rings is 1. The van der Waals surface area contributed by atoms with Crippen LogP contribution in [0.5, 0.6) is 5.75 Å². The van der Waals surface area contributed by atoms with Crippen LogP contribution in [0, 0.1) is 0 Å². The van der Waals surface area contributed by atoms with Crippen LogP contribution in [0.3, 0.4) is 0 Å². The summed E-state index contributed by atoms with van der Waals surface area (Å²) in [4.78, 5) is 11.2. The lowest BCUT2D eigenvalue weighted by molar-refractivity contribution is 0.414. The minimum atomic E-state index is 0.737. The summed E-state index contributed by atoms with van der Waals surface area (Å²) in [5.74, 6) is 2.56. The number of rotatable bonds is 5. The van der Waals surface area contributed by atoms with E-state index in [0.717, 1.165) is 37.1 Å². The predicted octanol–water partition coefficient (Wildman–Crippen LogP) is 2.70. The Kier molecular flexibility index (Phi) is 4.19. The Morgan fingerprint density at radius 3 is 2.62 bits per heavy atom. The number of ether oxygens (including phenoxy) is 1. The molecule has 0 radical (unpaired) electrons. The lowest BCUT2D eigenvalue weighted by atomic mass is 10.2. The van der Waals surface area contributed by atoms with Gasteiger partial charge in [-0.3, -0.25) is 0 Å². The second-order valence-corrected chi connectivity index (χ2v) is 5.14. The average Bonchev–Trinajstić information content (AvgIpc) is 3.08. The first-order valence-electron chi connectivity index (χ1n) is 7.30. The highest BCUT2D eigenvalue weighted by Crippen LogP contribution is 2.17. The van der Waals surface area contributed by atoms with Gasteiger partial charge in [0.15, 0.2) is 0 Å². The second-order valence-electron chi connectivity index (χ2n) is 5.14. The molecule has 1 fully saturated rings. The van der Waals surface area contributed by atoms with Gasteiger partial charge in [-0.1, -0.05) is 12.1 Å². The molecule has 5 nitrogen and oxygen atoms in total. The van der Waals surface area contributed by atoms with Gasteiger partial charge in [0.25, 0.3) is 0 Å². The Balaban J connectivity index is 1.62. The van der Waals surface area contributed by atoms with Crippen LogP contribution in [-0.4, -0.2) is 30.2 Å². The maximum absolute atomic E-state index is 5.16. The third-order valence-corrected chi connectivity index (χ3v) is 3.66. The molecule has 1 saturated heterocycles. The standard InChI is InChI=1S/C16H20N4O/c1-21-14-6-4-13(5-7-14)12-18-15-8-9-17-16(19-15)20-10-2-3-11-20/h4-9H,2-3,10-12H2,1H3,(H,17,18,19). The van der Waals surface area contributed by atoms with Gasteiger partial charge in [0.2, 0.25) is 5.95 Å². The zero-order chi connectivity index (χ0) is 14.5. The molecule has 0 saturated carbocycles. The van der Waals surface area contributed by atoms with E-state index in [4.69, 9.17) is 4.74 Å². The minimum absolute atomic E-state index is 0.737. The topological polar surface area (TPSA) is 50.3 Å². The predicted molar refractivity (Wildman–Crippen MR) is 83.8 cm³/mol. The number of aromatic nitrogens is 2. The van der Waals surface area contributed by atoms with Crippen molar-refractivity contribution >= 4 is 11.8 Å². The van der Waals surface area contributed by atoms with E-state index in [0.29, 0.717) is 0 Å². The zero-order valence-corrected chi connectivity index (χ0v) is 12.2. The SMILES string of the molecule is COc1ccc(CNc2ccnc(N3CCCC3)n2)cc1. The minimum Gasteiger partial charge on any atom is -0.497 e. The van der Waals surface area contributed by atoms with Crippen LogP contribution >= 0.6 is 0 Å². The summed E-state index contributed by atoms with van der Waals surface area (Å²) < 4.78 is 5.16. The fourth-order valence-electron chi connectivity index (χ4n) is 2.45. The number of nitrogens with one attached hydrogen (secondary N) is 1. The molecule has 5 heteroatoms. The summed E-state index contributed by atoms with van der Waals surface area (Å²) in [6.45, 7) is 2.85. The van der Waals surface area contributed by atoms with Crippen molar-refractivity contribution in [2.24, 2.45) is 0 Å². The Bertz CT molecular complexity index is 579. The summed E-state index contributed by atoms with van der Waals surface area (Å²) in [7, 11) is 1.67. The van der Waals surface area contributed by atoms with Gasteiger partial charge in [0, 0.05) is 25.8 Å². The summed E-state index contributed by atoms with van der Waals surface area (Å²) in [5.41, 5.74) is 1.19. The van der Waals surface area contributed by atoms with Crippen LogP contribution < -0.4 is 15.0 Å². The van der Waals surface area contributed by atoms with Gasteiger partial charge < -0.3 is 15.0 Å². The van der Waals surface area contributed by atoms with Crippen molar-refractivity contribution < 1.29 is 4.74 Å². The van der Waals surface area contributed by atoms with E-state index in [-0.39, 0.29) is 0 Å². The van der Waals surface area contributed by atoms with Crippen molar-refractivity contribution in [1.82, 2.24) is 9.97 Å². The lowest BCUT2D eigenvalue weighted by Gasteiger charge is -2.15. The summed E-state index contributed by atoms with van der Waals surface area (Å²) in [6, 6.07) is 9.94. The molecule has 21 heavy (non-hydrogen) atoms. The first-order valence-corrected chi connectivity index (χ1v) is 7.30. The molecule has 1 N–H and O–H groups in total. The van der Waals surface area contributed by atoms with Crippen molar-refractivity contribution in [3.8, 4) is 5.75 Å². The van der Waals surface area contributed by atoms with E-state index >= 15 is 0 Å². The molecule has 0 amide bonds. The van der Waals surface area contributed by atoms with Crippen molar-refractivity contribution in [2.45, 2.75) is 19.4 Å². The molecular formula is C16H20N4O. The molecule has 0 aliphatic carbocycles. The highest BCUT2D eigenvalue weighted by atomic mass is 16.5.